The van der Waals surface area contributed by atoms with Crippen molar-refractivity contribution in [2.24, 2.45) is 0 Å². The molecule has 0 saturated heterocycles. The zero-order chi connectivity index (χ0) is 15.1. The number of benzene rings is 1. The van der Waals surface area contributed by atoms with Gasteiger partial charge in [-0.25, -0.2) is 0 Å². The molecule has 0 spiro atoms. The van der Waals surface area contributed by atoms with E-state index in [1.807, 2.05) is 0 Å². The minimum Gasteiger partial charge on any atom is -0.493 e. The molecule has 0 aliphatic rings. The highest BCUT2D eigenvalue weighted by Gasteiger charge is 2.13. The second kappa shape index (κ2) is 7.28. The molecule has 1 aromatic rings. The Morgan fingerprint density at radius 1 is 1.25 bits per heavy atom. The molecular weight excluding hydrogens is 262 g/mol. The molecule has 0 aliphatic heterocycles. The maximum Gasteiger partial charge on any atom is 0.247 e. The maximum atomic E-state index is 11.0. The number of Topliss-reactive ketones (excluding diaryl/α,β-unsaturated/α-hetero) is 1. The number of carbonyl (C=O) groups is 1. The molecule has 1 aromatic carbocycles. The SMILES string of the molecule is COc1ccc(/C=C(/CCC(C)=O)[N+](=O)[O-])cc1OC. The number of nitrogens with zero attached hydrogens (tertiary/aromatic N) is 1. The van der Waals surface area contributed by atoms with E-state index in [9.17, 15) is 14.9 Å². The summed E-state index contributed by atoms with van der Waals surface area (Å²) in [5.41, 5.74) is 0.616. The number of allylic oxidation sites excluding steroid dienone is 1. The molecule has 0 unspecified atom stereocenters. The highest BCUT2D eigenvalue weighted by Crippen LogP contribution is 2.28. The Labute approximate surface area is 117 Å². The number of carbonyl (C=O) groups excluding carboxylic acids is 1. The Bertz CT molecular complexity index is 536. The fourth-order valence-electron chi connectivity index (χ4n) is 1.66. The van der Waals surface area contributed by atoms with Crippen molar-refractivity contribution < 1.29 is 19.2 Å². The second-order valence-electron chi connectivity index (χ2n) is 4.21. The molecule has 0 aliphatic carbocycles. The lowest BCUT2D eigenvalue weighted by Crippen LogP contribution is -2.01. The van der Waals surface area contributed by atoms with Gasteiger partial charge in [0.05, 0.1) is 19.1 Å². The third kappa shape index (κ3) is 4.38. The van der Waals surface area contributed by atoms with E-state index in [0.717, 1.165) is 0 Å². The Hall–Kier alpha value is -2.37. The molecule has 0 fully saturated rings. The summed E-state index contributed by atoms with van der Waals surface area (Å²) in [7, 11) is 3.01. The molecule has 6 heteroatoms. The number of ketones is 1. The van der Waals surface area contributed by atoms with Crippen LogP contribution in [-0.4, -0.2) is 24.9 Å². The summed E-state index contributed by atoms with van der Waals surface area (Å²) in [6.07, 6.45) is 1.70. The summed E-state index contributed by atoms with van der Waals surface area (Å²) in [6.45, 7) is 1.41. The Morgan fingerprint density at radius 2 is 1.90 bits per heavy atom. The first kappa shape index (κ1) is 15.7. The van der Waals surface area contributed by atoms with Crippen molar-refractivity contribution in [2.45, 2.75) is 19.8 Å². The molecule has 0 radical (unpaired) electrons. The van der Waals surface area contributed by atoms with Crippen LogP contribution >= 0.6 is 0 Å². The van der Waals surface area contributed by atoms with E-state index >= 15 is 0 Å². The van der Waals surface area contributed by atoms with Gasteiger partial charge in [0, 0.05) is 18.9 Å². The van der Waals surface area contributed by atoms with Gasteiger partial charge < -0.3 is 14.3 Å². The highest BCUT2D eigenvalue weighted by atomic mass is 16.6. The number of rotatable bonds is 7. The largest absolute Gasteiger partial charge is 0.493 e. The van der Waals surface area contributed by atoms with Crippen LogP contribution in [0.5, 0.6) is 11.5 Å². The van der Waals surface area contributed by atoms with Crippen LogP contribution in [0.15, 0.2) is 23.9 Å². The second-order valence-corrected chi connectivity index (χ2v) is 4.21. The van der Waals surface area contributed by atoms with E-state index in [1.54, 1.807) is 18.2 Å². The summed E-state index contributed by atoms with van der Waals surface area (Å²) < 4.78 is 10.2. The van der Waals surface area contributed by atoms with Gasteiger partial charge >= 0.3 is 0 Å². The van der Waals surface area contributed by atoms with Crippen molar-refractivity contribution in [1.82, 2.24) is 0 Å². The minimum atomic E-state index is -0.473. The minimum absolute atomic E-state index is 0.00702. The lowest BCUT2D eigenvalue weighted by Gasteiger charge is -2.07. The predicted octanol–water partition coefficient (Wildman–Crippen LogP) is 2.69. The quantitative estimate of drug-likeness (QED) is 0.566. The maximum absolute atomic E-state index is 11.0. The Balaban J connectivity index is 3.04. The zero-order valence-electron chi connectivity index (χ0n) is 11.7. The first-order valence-electron chi connectivity index (χ1n) is 6.04. The predicted molar refractivity (Wildman–Crippen MR) is 74.4 cm³/mol. The molecule has 0 N–H and O–H groups in total. The van der Waals surface area contributed by atoms with E-state index in [0.29, 0.717) is 17.1 Å². The van der Waals surface area contributed by atoms with Gasteiger partial charge in [0.2, 0.25) is 5.70 Å². The first-order valence-corrected chi connectivity index (χ1v) is 6.04. The van der Waals surface area contributed by atoms with Gasteiger partial charge in [0.15, 0.2) is 11.5 Å². The lowest BCUT2D eigenvalue weighted by molar-refractivity contribution is -0.426. The van der Waals surface area contributed by atoms with Gasteiger partial charge in [-0.2, -0.15) is 0 Å². The first-order chi connectivity index (χ1) is 9.47. The van der Waals surface area contributed by atoms with Crippen LogP contribution in [0.3, 0.4) is 0 Å². The highest BCUT2D eigenvalue weighted by molar-refractivity contribution is 5.75. The average molecular weight is 279 g/mol. The van der Waals surface area contributed by atoms with Crippen molar-refractivity contribution in [3.05, 3.63) is 39.6 Å². The van der Waals surface area contributed by atoms with Gasteiger partial charge in [-0.1, -0.05) is 6.07 Å². The van der Waals surface area contributed by atoms with Crippen molar-refractivity contribution in [2.75, 3.05) is 14.2 Å². The molecule has 0 heterocycles. The van der Waals surface area contributed by atoms with E-state index in [2.05, 4.69) is 0 Å². The van der Waals surface area contributed by atoms with Crippen molar-refractivity contribution in [1.29, 1.82) is 0 Å². The van der Waals surface area contributed by atoms with Crippen LogP contribution in [0.4, 0.5) is 0 Å². The molecule has 6 nitrogen and oxygen atoms in total. The van der Waals surface area contributed by atoms with Crippen molar-refractivity contribution >= 4 is 11.9 Å². The number of hydrogen-bond donors (Lipinski definition) is 0. The molecular formula is C14H17NO5. The molecule has 0 amide bonds. The molecule has 0 atom stereocenters. The van der Waals surface area contributed by atoms with Gasteiger partial charge in [-0.05, 0) is 24.6 Å². The third-order valence-corrected chi connectivity index (χ3v) is 2.71. The molecule has 1 rings (SSSR count). The van der Waals surface area contributed by atoms with E-state index in [-0.39, 0.29) is 24.3 Å². The number of hydrogen-bond acceptors (Lipinski definition) is 5. The summed E-state index contributed by atoms with van der Waals surface area (Å²) >= 11 is 0. The van der Waals surface area contributed by atoms with Crippen molar-refractivity contribution in [3.8, 4) is 11.5 Å². The molecule has 0 bridgehead atoms. The fourth-order valence-corrected chi connectivity index (χ4v) is 1.66. The fraction of sp³-hybridized carbons (Fsp3) is 0.357. The summed E-state index contributed by atoms with van der Waals surface area (Å²) in [5, 5.41) is 11.0. The van der Waals surface area contributed by atoms with Crippen LogP contribution in [-0.2, 0) is 4.79 Å². The van der Waals surface area contributed by atoms with Crippen LogP contribution in [0.25, 0.3) is 6.08 Å². The third-order valence-electron chi connectivity index (χ3n) is 2.71. The molecule has 0 saturated carbocycles. The summed E-state index contributed by atoms with van der Waals surface area (Å²) in [5.74, 6) is 0.969. The zero-order valence-corrected chi connectivity index (χ0v) is 11.7. The Kier molecular flexibility index (Phi) is 5.71. The van der Waals surface area contributed by atoms with Crippen LogP contribution in [0.2, 0.25) is 0 Å². The van der Waals surface area contributed by atoms with E-state index < -0.39 is 4.92 Å². The number of ether oxygens (including phenoxy) is 2. The average Bonchev–Trinajstić information content (AvgIpc) is 2.42. The summed E-state index contributed by atoms with van der Waals surface area (Å²) in [4.78, 5) is 21.4. The van der Waals surface area contributed by atoms with Gasteiger partial charge in [-0.3, -0.25) is 10.1 Å². The van der Waals surface area contributed by atoms with Gasteiger partial charge in [0.1, 0.15) is 5.78 Å². The molecule has 0 aromatic heterocycles. The molecule has 108 valence electrons. The van der Waals surface area contributed by atoms with Crippen LogP contribution in [0, 0.1) is 10.1 Å². The van der Waals surface area contributed by atoms with Gasteiger partial charge in [-0.15, -0.1) is 0 Å². The van der Waals surface area contributed by atoms with Crippen LogP contribution in [0.1, 0.15) is 25.3 Å². The smallest absolute Gasteiger partial charge is 0.247 e. The normalized spacial score (nSPS) is 11.1. The topological polar surface area (TPSA) is 78.7 Å². The lowest BCUT2D eigenvalue weighted by atomic mass is 10.1. The number of nitro groups is 1. The standard InChI is InChI=1S/C14H17NO5/c1-10(16)4-6-12(15(17)18)8-11-5-7-13(19-2)14(9-11)20-3/h5,7-9H,4,6H2,1-3H3/b12-8-. The Morgan fingerprint density at radius 3 is 2.40 bits per heavy atom. The van der Waals surface area contributed by atoms with E-state index in [1.165, 1.54) is 27.2 Å². The van der Waals surface area contributed by atoms with Gasteiger partial charge in [0.25, 0.3) is 0 Å². The van der Waals surface area contributed by atoms with Crippen molar-refractivity contribution in [3.63, 3.8) is 0 Å². The monoisotopic (exact) mass is 279 g/mol. The summed E-state index contributed by atoms with van der Waals surface area (Å²) in [6, 6.07) is 5.02. The number of methoxy groups -OCH3 is 2. The van der Waals surface area contributed by atoms with E-state index in [4.69, 9.17) is 9.47 Å². The molecule has 20 heavy (non-hydrogen) atoms. The van der Waals surface area contributed by atoms with Crippen LogP contribution < -0.4 is 9.47 Å².